The summed E-state index contributed by atoms with van der Waals surface area (Å²) < 4.78 is 10.5. The van der Waals surface area contributed by atoms with Gasteiger partial charge in [-0.3, -0.25) is 4.99 Å². The van der Waals surface area contributed by atoms with Crippen LogP contribution in [0.2, 0.25) is 0 Å². The molecule has 1 aromatic carbocycles. The van der Waals surface area contributed by atoms with Gasteiger partial charge in [0, 0.05) is 51.0 Å². The third kappa shape index (κ3) is 7.71. The van der Waals surface area contributed by atoms with Crippen LogP contribution in [0.4, 0.5) is 5.69 Å². The molecule has 7 nitrogen and oxygen atoms in total. The molecule has 1 unspecified atom stereocenters. The van der Waals surface area contributed by atoms with Crippen molar-refractivity contribution in [3.8, 4) is 11.5 Å². The zero-order valence-corrected chi connectivity index (χ0v) is 19.2. The zero-order valence-electron chi connectivity index (χ0n) is 16.9. The molecule has 0 aliphatic carbocycles. The van der Waals surface area contributed by atoms with Crippen LogP contribution in [-0.2, 0) is 0 Å². The molecule has 1 saturated heterocycles. The van der Waals surface area contributed by atoms with Gasteiger partial charge < -0.3 is 30.3 Å². The third-order valence-electron chi connectivity index (χ3n) is 4.71. The van der Waals surface area contributed by atoms with Crippen molar-refractivity contribution in [1.82, 2.24) is 9.80 Å². The first-order chi connectivity index (χ1) is 12.5. The molecule has 1 aliphatic rings. The highest BCUT2D eigenvalue weighted by molar-refractivity contribution is 14.0. The maximum Gasteiger partial charge on any atom is 0.193 e. The van der Waals surface area contributed by atoms with Crippen LogP contribution >= 0.6 is 24.0 Å². The number of aliphatic imine (C=N–C) groups is 1. The molecule has 1 fully saturated rings. The monoisotopic (exact) mass is 491 g/mol. The molecule has 3 N–H and O–H groups in total. The molecule has 0 amide bonds. The van der Waals surface area contributed by atoms with Gasteiger partial charge in [0.05, 0.1) is 14.2 Å². The number of hydrogen-bond donors (Lipinski definition) is 2. The number of nitrogens with zero attached hydrogens (tertiary/aromatic N) is 3. The van der Waals surface area contributed by atoms with E-state index in [1.54, 1.807) is 14.2 Å². The van der Waals surface area contributed by atoms with E-state index in [0.29, 0.717) is 29.9 Å². The van der Waals surface area contributed by atoms with Crippen LogP contribution in [0.25, 0.3) is 0 Å². The van der Waals surface area contributed by atoms with Crippen LogP contribution in [0.5, 0.6) is 11.5 Å². The van der Waals surface area contributed by atoms with Gasteiger partial charge in [0.15, 0.2) is 17.5 Å². The predicted molar refractivity (Wildman–Crippen MR) is 123 cm³/mol. The normalized spacial score (nSPS) is 17.1. The van der Waals surface area contributed by atoms with E-state index in [2.05, 4.69) is 34.0 Å². The van der Waals surface area contributed by atoms with Gasteiger partial charge >= 0.3 is 0 Å². The fourth-order valence-corrected chi connectivity index (χ4v) is 3.14. The van der Waals surface area contributed by atoms with Crippen molar-refractivity contribution in [2.75, 3.05) is 65.3 Å². The zero-order chi connectivity index (χ0) is 18.9. The lowest BCUT2D eigenvalue weighted by Crippen LogP contribution is -2.47. The number of rotatable bonds is 8. The summed E-state index contributed by atoms with van der Waals surface area (Å²) in [7, 11) is 3.23. The molecule has 0 saturated carbocycles. The van der Waals surface area contributed by atoms with Crippen molar-refractivity contribution in [3.05, 3.63) is 18.2 Å². The number of hydrogen-bond acceptors (Lipinski definition) is 5. The Hall–Kier alpha value is -1.26. The maximum atomic E-state index is 6.03. The van der Waals surface area contributed by atoms with Crippen molar-refractivity contribution in [3.63, 3.8) is 0 Å². The summed E-state index contributed by atoms with van der Waals surface area (Å²) >= 11 is 0. The lowest BCUT2D eigenvalue weighted by Gasteiger charge is -2.35. The molecule has 0 bridgehead atoms. The van der Waals surface area contributed by atoms with Crippen molar-refractivity contribution in [2.45, 2.75) is 13.8 Å². The number of nitrogens with one attached hydrogen (secondary N) is 1. The van der Waals surface area contributed by atoms with E-state index in [1.165, 1.54) is 0 Å². The van der Waals surface area contributed by atoms with E-state index in [1.807, 2.05) is 18.2 Å². The summed E-state index contributed by atoms with van der Waals surface area (Å²) in [5.74, 6) is 2.23. The van der Waals surface area contributed by atoms with E-state index < -0.39 is 0 Å². The molecular formula is C19H34IN5O2. The smallest absolute Gasteiger partial charge is 0.193 e. The average Bonchev–Trinajstić information content (AvgIpc) is 2.67. The van der Waals surface area contributed by atoms with Crippen LogP contribution < -0.4 is 20.5 Å². The SMILES string of the molecule is CCN1CCN(CC(C)CN=C(N)Nc2ccc(OC)c(OC)c2)CC1.I. The molecule has 154 valence electrons. The summed E-state index contributed by atoms with van der Waals surface area (Å²) in [6, 6.07) is 5.57. The Bertz CT molecular complexity index is 591. The Morgan fingerprint density at radius 2 is 1.78 bits per heavy atom. The Labute approximate surface area is 180 Å². The number of anilines is 1. The largest absolute Gasteiger partial charge is 0.493 e. The average molecular weight is 491 g/mol. The first kappa shape index (κ1) is 23.8. The summed E-state index contributed by atoms with van der Waals surface area (Å²) in [5.41, 5.74) is 6.86. The van der Waals surface area contributed by atoms with Gasteiger partial charge in [0.2, 0.25) is 0 Å². The number of methoxy groups -OCH3 is 2. The number of guanidine groups is 1. The van der Waals surface area contributed by atoms with Crippen molar-refractivity contribution in [1.29, 1.82) is 0 Å². The quantitative estimate of drug-likeness (QED) is 0.331. The molecule has 0 radical (unpaired) electrons. The van der Waals surface area contributed by atoms with Crippen molar-refractivity contribution < 1.29 is 9.47 Å². The van der Waals surface area contributed by atoms with Gasteiger partial charge in [-0.25, -0.2) is 0 Å². The van der Waals surface area contributed by atoms with Crippen molar-refractivity contribution in [2.24, 2.45) is 16.6 Å². The van der Waals surface area contributed by atoms with Crippen LogP contribution in [0, 0.1) is 5.92 Å². The molecule has 1 aromatic rings. The Balaban J connectivity index is 0.00000364. The molecule has 1 aliphatic heterocycles. The van der Waals surface area contributed by atoms with E-state index in [0.717, 1.165) is 45.0 Å². The van der Waals surface area contributed by atoms with Crippen LogP contribution in [0.15, 0.2) is 23.2 Å². The topological polar surface area (TPSA) is 75.4 Å². The fourth-order valence-electron chi connectivity index (χ4n) is 3.14. The number of likely N-dealkylation sites (N-methyl/N-ethyl adjacent to an activating group) is 1. The molecule has 1 heterocycles. The second-order valence-electron chi connectivity index (χ2n) is 6.76. The van der Waals surface area contributed by atoms with E-state index >= 15 is 0 Å². The number of nitrogens with two attached hydrogens (primary N) is 1. The first-order valence-corrected chi connectivity index (χ1v) is 9.29. The third-order valence-corrected chi connectivity index (χ3v) is 4.71. The molecule has 2 rings (SSSR count). The van der Waals surface area contributed by atoms with E-state index in [-0.39, 0.29) is 24.0 Å². The Kier molecular flexibility index (Phi) is 10.8. The van der Waals surface area contributed by atoms with Crippen LogP contribution in [-0.4, -0.2) is 75.8 Å². The molecule has 8 heteroatoms. The number of piperazine rings is 1. The van der Waals surface area contributed by atoms with Crippen molar-refractivity contribution >= 4 is 35.6 Å². The molecule has 0 spiro atoms. The number of halogens is 1. The fraction of sp³-hybridized carbons (Fsp3) is 0.632. The second-order valence-corrected chi connectivity index (χ2v) is 6.76. The molecule has 0 aromatic heterocycles. The number of benzene rings is 1. The lowest BCUT2D eigenvalue weighted by atomic mass is 10.1. The second kappa shape index (κ2) is 12.2. The highest BCUT2D eigenvalue weighted by Gasteiger charge is 2.17. The molecular weight excluding hydrogens is 457 g/mol. The van der Waals surface area contributed by atoms with Gasteiger partial charge in [-0.15, -0.1) is 24.0 Å². The minimum atomic E-state index is 0. The van der Waals surface area contributed by atoms with Crippen LogP contribution in [0.3, 0.4) is 0 Å². The van der Waals surface area contributed by atoms with E-state index in [4.69, 9.17) is 15.2 Å². The van der Waals surface area contributed by atoms with E-state index in [9.17, 15) is 0 Å². The Morgan fingerprint density at radius 3 is 2.37 bits per heavy atom. The van der Waals surface area contributed by atoms with Gasteiger partial charge in [-0.2, -0.15) is 0 Å². The Morgan fingerprint density at radius 1 is 1.15 bits per heavy atom. The van der Waals surface area contributed by atoms with Gasteiger partial charge in [0.25, 0.3) is 0 Å². The summed E-state index contributed by atoms with van der Waals surface area (Å²) in [5, 5.41) is 3.11. The lowest BCUT2D eigenvalue weighted by molar-refractivity contribution is 0.125. The van der Waals surface area contributed by atoms with Crippen LogP contribution in [0.1, 0.15) is 13.8 Å². The minimum absolute atomic E-state index is 0. The molecule has 27 heavy (non-hydrogen) atoms. The maximum absolute atomic E-state index is 6.03. The van der Waals surface area contributed by atoms with Gasteiger partial charge in [0.1, 0.15) is 0 Å². The molecule has 1 atom stereocenters. The number of ether oxygens (including phenoxy) is 2. The standard InChI is InChI=1S/C19H33N5O2.HI/c1-5-23-8-10-24(11-9-23)14-15(2)13-21-19(20)22-16-6-7-17(25-3)18(12-16)26-4;/h6-7,12,15H,5,8-11,13-14H2,1-4H3,(H3,20,21,22);1H. The summed E-state index contributed by atoms with van der Waals surface area (Å²) in [6.45, 7) is 12.0. The highest BCUT2D eigenvalue weighted by atomic mass is 127. The predicted octanol–water partition coefficient (Wildman–Crippen LogP) is 2.32. The van der Waals surface area contributed by atoms with Gasteiger partial charge in [-0.1, -0.05) is 13.8 Å². The minimum Gasteiger partial charge on any atom is -0.493 e. The van der Waals surface area contributed by atoms with Gasteiger partial charge in [-0.05, 0) is 24.6 Å². The summed E-state index contributed by atoms with van der Waals surface area (Å²) in [4.78, 5) is 9.50. The highest BCUT2D eigenvalue weighted by Crippen LogP contribution is 2.29. The summed E-state index contributed by atoms with van der Waals surface area (Å²) in [6.07, 6.45) is 0. The first-order valence-electron chi connectivity index (χ1n) is 9.29.